The Morgan fingerprint density at radius 3 is 2.50 bits per heavy atom. The highest BCUT2D eigenvalue weighted by Crippen LogP contribution is 2.22. The number of Topliss-reactive ketones (excluding diaryl/α,β-unsaturated/α-hetero) is 1. The Balaban J connectivity index is 2.44. The van der Waals surface area contributed by atoms with Crippen LogP contribution in [0.25, 0.3) is 0 Å². The second-order valence-corrected chi connectivity index (χ2v) is 3.25. The Bertz CT molecular complexity index is 358. The molecule has 0 aliphatic heterocycles. The van der Waals surface area contributed by atoms with E-state index in [1.165, 1.54) is 0 Å². The molecule has 0 amide bonds. The fourth-order valence-electron chi connectivity index (χ4n) is 1.12. The molecule has 1 rings (SSSR count). The van der Waals surface area contributed by atoms with Gasteiger partial charge in [0.1, 0.15) is 11.5 Å². The highest BCUT2D eigenvalue weighted by molar-refractivity contribution is 5.94. The van der Waals surface area contributed by atoms with E-state index in [-0.39, 0.29) is 18.5 Å². The fraction of sp³-hybridized carbons (Fsp3) is 0.400. The van der Waals surface area contributed by atoms with Gasteiger partial charge in [-0.25, -0.2) is 4.39 Å². The Morgan fingerprint density at radius 2 is 2.00 bits per heavy atom. The number of hydrogen-bond acceptors (Lipinski definition) is 2. The van der Waals surface area contributed by atoms with Crippen molar-refractivity contribution in [3.63, 3.8) is 0 Å². The highest BCUT2D eigenvalue weighted by Gasteiger charge is 2.26. The van der Waals surface area contributed by atoms with E-state index >= 15 is 0 Å². The number of carbonyl (C=O) groups is 1. The third-order valence-corrected chi connectivity index (χ3v) is 1.88. The molecule has 0 saturated heterocycles. The lowest BCUT2D eigenvalue weighted by Gasteiger charge is -2.04. The van der Waals surface area contributed by atoms with Gasteiger partial charge in [-0.3, -0.25) is 9.78 Å². The molecule has 0 atom stereocenters. The van der Waals surface area contributed by atoms with Gasteiger partial charge in [0.15, 0.2) is 5.78 Å². The predicted octanol–water partition coefficient (Wildman–Crippen LogP) is 3.14. The summed E-state index contributed by atoms with van der Waals surface area (Å²) in [5.74, 6) is -1.10. The van der Waals surface area contributed by atoms with E-state index in [1.807, 2.05) is 0 Å². The molecule has 1 heterocycles. The van der Waals surface area contributed by atoms with Gasteiger partial charge >= 0.3 is 6.18 Å². The first-order valence-corrected chi connectivity index (χ1v) is 4.60. The summed E-state index contributed by atoms with van der Waals surface area (Å²) >= 11 is 0. The first-order valence-electron chi connectivity index (χ1n) is 4.60. The lowest BCUT2D eigenvalue weighted by Crippen LogP contribution is -2.09. The average molecular weight is 235 g/mol. The molecule has 16 heavy (non-hydrogen) atoms. The molecule has 0 bridgehead atoms. The molecule has 0 N–H and O–H groups in total. The predicted molar refractivity (Wildman–Crippen MR) is 48.4 cm³/mol. The number of rotatable bonds is 4. The van der Waals surface area contributed by atoms with Gasteiger partial charge in [-0.1, -0.05) is 0 Å². The molecule has 1 aromatic heterocycles. The van der Waals surface area contributed by atoms with Crippen molar-refractivity contribution in [3.8, 4) is 0 Å². The zero-order valence-electron chi connectivity index (χ0n) is 8.22. The van der Waals surface area contributed by atoms with Crippen molar-refractivity contribution in [1.29, 1.82) is 0 Å². The molecule has 0 aromatic carbocycles. The minimum atomic E-state index is -4.25. The van der Waals surface area contributed by atoms with Gasteiger partial charge in [0, 0.05) is 12.8 Å². The van der Waals surface area contributed by atoms with Crippen molar-refractivity contribution in [2.75, 3.05) is 0 Å². The summed E-state index contributed by atoms with van der Waals surface area (Å²) in [7, 11) is 0. The van der Waals surface area contributed by atoms with Gasteiger partial charge in [0.05, 0.1) is 6.20 Å². The molecule has 6 heteroatoms. The van der Waals surface area contributed by atoms with Crippen molar-refractivity contribution < 1.29 is 22.4 Å². The maximum Gasteiger partial charge on any atom is 0.389 e. The minimum absolute atomic E-state index is 0.0106. The summed E-state index contributed by atoms with van der Waals surface area (Å²) in [6.45, 7) is 0. The van der Waals surface area contributed by atoms with E-state index in [0.29, 0.717) is 0 Å². The van der Waals surface area contributed by atoms with Crippen molar-refractivity contribution >= 4 is 5.78 Å². The van der Waals surface area contributed by atoms with Crippen LogP contribution >= 0.6 is 0 Å². The number of alkyl halides is 3. The lowest BCUT2D eigenvalue weighted by molar-refractivity contribution is -0.135. The molecule has 0 unspecified atom stereocenters. The zero-order valence-corrected chi connectivity index (χ0v) is 8.22. The molecule has 0 aliphatic rings. The molecule has 1 aromatic rings. The number of aromatic nitrogens is 1. The van der Waals surface area contributed by atoms with Gasteiger partial charge < -0.3 is 0 Å². The summed E-state index contributed by atoms with van der Waals surface area (Å²) in [6, 6.07) is 2.20. The van der Waals surface area contributed by atoms with Crippen LogP contribution in [-0.4, -0.2) is 16.9 Å². The molecular weight excluding hydrogens is 226 g/mol. The van der Waals surface area contributed by atoms with E-state index in [2.05, 4.69) is 4.98 Å². The first-order chi connectivity index (χ1) is 7.38. The van der Waals surface area contributed by atoms with Gasteiger partial charge in [-0.05, 0) is 18.6 Å². The molecular formula is C10H9F4NO. The number of ketones is 1. The van der Waals surface area contributed by atoms with Crippen LogP contribution in [0.1, 0.15) is 29.8 Å². The maximum absolute atomic E-state index is 12.4. The topological polar surface area (TPSA) is 30.0 Å². The van der Waals surface area contributed by atoms with Crippen LogP contribution in [0.5, 0.6) is 0 Å². The molecule has 0 spiro atoms. The number of carbonyl (C=O) groups excluding carboxylic acids is 1. The lowest BCUT2D eigenvalue weighted by atomic mass is 10.1. The van der Waals surface area contributed by atoms with Crippen LogP contribution in [0.2, 0.25) is 0 Å². The van der Waals surface area contributed by atoms with Crippen molar-refractivity contribution in [3.05, 3.63) is 29.8 Å². The van der Waals surface area contributed by atoms with E-state index in [9.17, 15) is 22.4 Å². The van der Waals surface area contributed by atoms with Gasteiger partial charge in [-0.2, -0.15) is 13.2 Å². The largest absolute Gasteiger partial charge is 0.389 e. The Morgan fingerprint density at radius 1 is 1.31 bits per heavy atom. The Labute approximate surface area is 89.3 Å². The molecule has 0 aliphatic carbocycles. The van der Waals surface area contributed by atoms with Crippen molar-refractivity contribution in [1.82, 2.24) is 4.98 Å². The third kappa shape index (κ3) is 4.37. The Kier molecular flexibility index (Phi) is 3.98. The van der Waals surface area contributed by atoms with E-state index in [0.717, 1.165) is 18.3 Å². The standard InChI is InChI=1S/C10H9F4NO/c11-7-3-4-8(15-6-7)9(16)2-1-5-10(12,13)14/h3-4,6H,1-2,5H2. The van der Waals surface area contributed by atoms with E-state index < -0.39 is 24.2 Å². The summed E-state index contributed by atoms with van der Waals surface area (Å²) in [5.41, 5.74) is -0.0106. The average Bonchev–Trinajstić information content (AvgIpc) is 2.16. The summed E-state index contributed by atoms with van der Waals surface area (Å²) in [4.78, 5) is 14.8. The van der Waals surface area contributed by atoms with Crippen LogP contribution in [-0.2, 0) is 0 Å². The van der Waals surface area contributed by atoms with Crippen LogP contribution in [0.4, 0.5) is 17.6 Å². The zero-order chi connectivity index (χ0) is 12.2. The number of hydrogen-bond donors (Lipinski definition) is 0. The Hall–Kier alpha value is -1.46. The molecule has 88 valence electrons. The van der Waals surface area contributed by atoms with E-state index in [4.69, 9.17) is 0 Å². The van der Waals surface area contributed by atoms with Crippen LogP contribution in [0.3, 0.4) is 0 Å². The van der Waals surface area contributed by atoms with Crippen LogP contribution < -0.4 is 0 Å². The molecule has 2 nitrogen and oxygen atoms in total. The number of pyridine rings is 1. The van der Waals surface area contributed by atoms with Crippen molar-refractivity contribution in [2.45, 2.75) is 25.4 Å². The van der Waals surface area contributed by atoms with Crippen LogP contribution in [0.15, 0.2) is 18.3 Å². The first kappa shape index (κ1) is 12.6. The smallest absolute Gasteiger partial charge is 0.292 e. The van der Waals surface area contributed by atoms with Gasteiger partial charge in [-0.15, -0.1) is 0 Å². The van der Waals surface area contributed by atoms with Crippen molar-refractivity contribution in [2.24, 2.45) is 0 Å². The number of halogens is 4. The summed E-state index contributed by atoms with van der Waals surface area (Å²) < 4.78 is 47.8. The summed E-state index contributed by atoms with van der Waals surface area (Å²) in [5, 5.41) is 0. The van der Waals surface area contributed by atoms with E-state index in [1.54, 1.807) is 0 Å². The minimum Gasteiger partial charge on any atom is -0.292 e. The quantitative estimate of drug-likeness (QED) is 0.592. The van der Waals surface area contributed by atoms with Crippen LogP contribution in [0, 0.1) is 5.82 Å². The van der Waals surface area contributed by atoms with Gasteiger partial charge in [0.25, 0.3) is 0 Å². The van der Waals surface area contributed by atoms with Gasteiger partial charge in [0.2, 0.25) is 0 Å². The maximum atomic E-state index is 12.4. The second kappa shape index (κ2) is 5.05. The fourth-order valence-corrected chi connectivity index (χ4v) is 1.12. The number of nitrogens with zero attached hydrogens (tertiary/aromatic N) is 1. The summed E-state index contributed by atoms with van der Waals surface area (Å²) in [6.07, 6.45) is -4.91. The molecule has 0 radical (unpaired) electrons. The SMILES string of the molecule is O=C(CCCC(F)(F)F)c1ccc(F)cn1. The second-order valence-electron chi connectivity index (χ2n) is 3.25. The molecule has 0 fully saturated rings. The normalized spacial score (nSPS) is 11.5. The highest BCUT2D eigenvalue weighted by atomic mass is 19.4. The molecule has 0 saturated carbocycles. The third-order valence-electron chi connectivity index (χ3n) is 1.88. The monoisotopic (exact) mass is 235 g/mol.